The van der Waals surface area contributed by atoms with E-state index in [0.717, 1.165) is 12.3 Å². The first-order valence-electron chi connectivity index (χ1n) is 10.2. The lowest BCUT2D eigenvalue weighted by Crippen LogP contribution is -2.02. The molecule has 0 aromatic carbocycles. The maximum Gasteiger partial charge on any atom is -0.0414 e. The van der Waals surface area contributed by atoms with Crippen molar-refractivity contribution in [3.63, 3.8) is 0 Å². The molecule has 0 atom stereocenters. The second kappa shape index (κ2) is 14.9. The van der Waals surface area contributed by atoms with Gasteiger partial charge in [0, 0.05) is 0 Å². The molecule has 0 saturated heterocycles. The highest BCUT2D eigenvalue weighted by Gasteiger charge is 2.09. The fourth-order valence-electron chi connectivity index (χ4n) is 3.85. The van der Waals surface area contributed by atoms with Crippen LogP contribution in [0.15, 0.2) is 0 Å². The van der Waals surface area contributed by atoms with Crippen LogP contribution in [0.3, 0.4) is 0 Å². The summed E-state index contributed by atoms with van der Waals surface area (Å²) in [5.74, 6) is 1.06. The standard InChI is InChI=1S/C21H41/c1-2-3-4-5-9-12-15-18-21-19-16-13-10-7-6-8-11-14-17-20-21/h21H,1-20H2. The van der Waals surface area contributed by atoms with Crippen LogP contribution in [0.25, 0.3) is 0 Å². The van der Waals surface area contributed by atoms with Crippen molar-refractivity contribution in [1.82, 2.24) is 0 Å². The third-order valence-electron chi connectivity index (χ3n) is 5.34. The Morgan fingerprint density at radius 2 is 0.952 bits per heavy atom. The first kappa shape index (κ1) is 19.0. The van der Waals surface area contributed by atoms with E-state index in [1.807, 2.05) is 0 Å². The van der Waals surface area contributed by atoms with Crippen LogP contribution in [0.1, 0.15) is 122 Å². The third-order valence-corrected chi connectivity index (χ3v) is 5.34. The molecule has 0 heterocycles. The van der Waals surface area contributed by atoms with Gasteiger partial charge in [0.2, 0.25) is 0 Å². The molecular weight excluding hydrogens is 252 g/mol. The Hall–Kier alpha value is 0. The topological polar surface area (TPSA) is 0 Å². The fourth-order valence-corrected chi connectivity index (χ4v) is 3.85. The lowest BCUT2D eigenvalue weighted by Gasteiger charge is -2.17. The van der Waals surface area contributed by atoms with Crippen molar-refractivity contribution in [2.75, 3.05) is 0 Å². The minimum atomic E-state index is 1.06. The summed E-state index contributed by atoms with van der Waals surface area (Å²) in [6.45, 7) is 3.92. The van der Waals surface area contributed by atoms with Gasteiger partial charge in [-0.3, -0.25) is 0 Å². The molecule has 0 bridgehead atoms. The van der Waals surface area contributed by atoms with Crippen LogP contribution in [-0.4, -0.2) is 0 Å². The Bertz CT molecular complexity index is 184. The molecule has 21 heavy (non-hydrogen) atoms. The number of hydrogen-bond acceptors (Lipinski definition) is 0. The molecule has 0 aromatic rings. The van der Waals surface area contributed by atoms with Gasteiger partial charge >= 0.3 is 0 Å². The molecule has 0 heteroatoms. The number of unbranched alkanes of at least 4 members (excludes halogenated alkanes) is 6. The van der Waals surface area contributed by atoms with Gasteiger partial charge in [0.25, 0.3) is 0 Å². The molecule has 1 aliphatic carbocycles. The van der Waals surface area contributed by atoms with Crippen LogP contribution in [-0.2, 0) is 0 Å². The molecule has 1 radical (unpaired) electrons. The van der Waals surface area contributed by atoms with Crippen LogP contribution in [0.4, 0.5) is 0 Å². The maximum atomic E-state index is 3.92. The first-order chi connectivity index (χ1) is 10.4. The van der Waals surface area contributed by atoms with E-state index in [9.17, 15) is 0 Å². The smallest absolute Gasteiger partial charge is 0.0414 e. The molecule has 0 spiro atoms. The van der Waals surface area contributed by atoms with Gasteiger partial charge in [0.05, 0.1) is 0 Å². The van der Waals surface area contributed by atoms with E-state index in [0.29, 0.717) is 0 Å². The molecule has 0 aromatic heterocycles. The monoisotopic (exact) mass is 293 g/mol. The van der Waals surface area contributed by atoms with Gasteiger partial charge in [-0.25, -0.2) is 0 Å². The molecule has 1 rings (SSSR count). The Morgan fingerprint density at radius 1 is 0.524 bits per heavy atom. The van der Waals surface area contributed by atoms with Crippen molar-refractivity contribution in [1.29, 1.82) is 0 Å². The van der Waals surface area contributed by atoms with Gasteiger partial charge < -0.3 is 0 Å². The van der Waals surface area contributed by atoms with Crippen molar-refractivity contribution in [2.24, 2.45) is 5.92 Å². The fraction of sp³-hybridized carbons (Fsp3) is 0.952. The summed E-state index contributed by atoms with van der Waals surface area (Å²) in [5.41, 5.74) is 0. The van der Waals surface area contributed by atoms with Gasteiger partial charge in [-0.1, -0.05) is 129 Å². The van der Waals surface area contributed by atoms with E-state index >= 15 is 0 Å². The first-order valence-corrected chi connectivity index (χ1v) is 10.2. The van der Waals surface area contributed by atoms with E-state index < -0.39 is 0 Å². The van der Waals surface area contributed by atoms with Crippen LogP contribution in [0, 0.1) is 12.8 Å². The van der Waals surface area contributed by atoms with Crippen molar-refractivity contribution >= 4 is 0 Å². The highest BCUT2D eigenvalue weighted by Crippen LogP contribution is 2.25. The average Bonchev–Trinajstić information content (AvgIpc) is 2.48. The minimum absolute atomic E-state index is 1.06. The summed E-state index contributed by atoms with van der Waals surface area (Å²) >= 11 is 0. The van der Waals surface area contributed by atoms with E-state index in [1.165, 1.54) is 116 Å². The summed E-state index contributed by atoms with van der Waals surface area (Å²) in [6, 6.07) is 0. The van der Waals surface area contributed by atoms with Gasteiger partial charge in [-0.2, -0.15) is 0 Å². The van der Waals surface area contributed by atoms with E-state index in [1.54, 1.807) is 0 Å². The normalized spacial score (nSPS) is 19.9. The minimum Gasteiger partial charge on any atom is -0.0533 e. The van der Waals surface area contributed by atoms with Gasteiger partial charge in [-0.15, -0.1) is 0 Å². The number of hydrogen-bond donors (Lipinski definition) is 0. The summed E-state index contributed by atoms with van der Waals surface area (Å²) in [7, 11) is 0. The lowest BCUT2D eigenvalue weighted by atomic mass is 9.89. The molecule has 0 aliphatic heterocycles. The average molecular weight is 294 g/mol. The highest BCUT2D eigenvalue weighted by atomic mass is 14.1. The Labute approximate surface area is 135 Å². The zero-order valence-electron chi connectivity index (χ0n) is 14.7. The predicted molar refractivity (Wildman–Crippen MR) is 96.6 cm³/mol. The molecular formula is C21H41. The lowest BCUT2D eigenvalue weighted by molar-refractivity contribution is 0.360. The van der Waals surface area contributed by atoms with E-state index in [-0.39, 0.29) is 0 Å². The zero-order chi connectivity index (χ0) is 15.0. The van der Waals surface area contributed by atoms with Gasteiger partial charge in [0.15, 0.2) is 0 Å². The van der Waals surface area contributed by atoms with Crippen molar-refractivity contribution in [2.45, 2.75) is 122 Å². The van der Waals surface area contributed by atoms with E-state index in [2.05, 4.69) is 6.92 Å². The largest absolute Gasteiger partial charge is 0.0533 e. The molecule has 0 nitrogen and oxygen atoms in total. The van der Waals surface area contributed by atoms with Crippen molar-refractivity contribution in [3.05, 3.63) is 6.92 Å². The summed E-state index contributed by atoms with van der Waals surface area (Å²) in [6.07, 6.45) is 27.8. The molecule has 0 unspecified atom stereocenters. The Morgan fingerprint density at radius 3 is 1.48 bits per heavy atom. The van der Waals surface area contributed by atoms with Crippen molar-refractivity contribution in [3.8, 4) is 0 Å². The van der Waals surface area contributed by atoms with Crippen LogP contribution in [0.5, 0.6) is 0 Å². The van der Waals surface area contributed by atoms with Crippen molar-refractivity contribution < 1.29 is 0 Å². The summed E-state index contributed by atoms with van der Waals surface area (Å²) in [4.78, 5) is 0. The highest BCUT2D eigenvalue weighted by molar-refractivity contribution is 4.63. The summed E-state index contributed by atoms with van der Waals surface area (Å²) in [5, 5.41) is 0. The van der Waals surface area contributed by atoms with Crippen LogP contribution < -0.4 is 0 Å². The molecule has 1 saturated carbocycles. The second-order valence-electron chi connectivity index (χ2n) is 7.39. The zero-order valence-corrected chi connectivity index (χ0v) is 14.7. The number of rotatable bonds is 8. The molecule has 0 N–H and O–H groups in total. The Balaban J connectivity index is 2.05. The quantitative estimate of drug-likeness (QED) is 0.399. The van der Waals surface area contributed by atoms with Crippen LogP contribution >= 0.6 is 0 Å². The Kier molecular flexibility index (Phi) is 13.5. The van der Waals surface area contributed by atoms with Crippen LogP contribution in [0.2, 0.25) is 0 Å². The second-order valence-corrected chi connectivity index (χ2v) is 7.39. The molecule has 125 valence electrons. The molecule has 1 aliphatic rings. The van der Waals surface area contributed by atoms with Gasteiger partial charge in [-0.05, 0) is 5.92 Å². The SMILES string of the molecule is [CH2]CCCCCCCCC1CCCCCCCCCCC1. The van der Waals surface area contributed by atoms with Gasteiger partial charge in [0.1, 0.15) is 0 Å². The predicted octanol–water partition coefficient (Wildman–Crippen LogP) is 7.86. The van der Waals surface area contributed by atoms with E-state index in [4.69, 9.17) is 0 Å². The summed E-state index contributed by atoms with van der Waals surface area (Å²) < 4.78 is 0. The molecule has 0 amide bonds. The maximum absolute atomic E-state index is 3.92. The molecule has 1 fully saturated rings. The third kappa shape index (κ3) is 12.2.